The van der Waals surface area contributed by atoms with Crippen molar-refractivity contribution in [3.05, 3.63) is 12.7 Å². The quantitative estimate of drug-likeness (QED) is 0.339. The number of hydrazone groups is 1. The maximum absolute atomic E-state index is 10.4. The van der Waals surface area contributed by atoms with Gasteiger partial charge in [0.2, 0.25) is 0 Å². The van der Waals surface area contributed by atoms with E-state index in [0.29, 0.717) is 0 Å². The normalized spacial score (nSPS) is 9.30. The van der Waals surface area contributed by atoms with Crippen LogP contribution in [0.25, 0.3) is 0 Å². The van der Waals surface area contributed by atoms with Crippen LogP contribution in [0, 0.1) is 0 Å². The van der Waals surface area contributed by atoms with Crippen molar-refractivity contribution in [2.24, 2.45) is 5.10 Å². The Labute approximate surface area is 59.6 Å². The van der Waals surface area contributed by atoms with E-state index in [2.05, 4.69) is 21.8 Å². The molecule has 0 amide bonds. The lowest BCUT2D eigenvalue weighted by Gasteiger charge is -1.95. The topological polar surface area (TPSA) is 50.7 Å². The molecule has 0 rings (SSSR count). The maximum Gasteiger partial charge on any atom is 0.326 e. The van der Waals surface area contributed by atoms with Gasteiger partial charge in [-0.3, -0.25) is 10.2 Å². The summed E-state index contributed by atoms with van der Waals surface area (Å²) in [5.41, 5.74) is 2.46. The number of nitrogens with zero attached hydrogens (tertiary/aromatic N) is 1. The van der Waals surface area contributed by atoms with Gasteiger partial charge < -0.3 is 4.74 Å². The highest BCUT2D eigenvalue weighted by atomic mass is 16.5. The summed E-state index contributed by atoms with van der Waals surface area (Å²) < 4.78 is 4.33. The lowest BCUT2D eigenvalue weighted by atomic mass is 10.7. The molecule has 0 spiro atoms. The summed E-state index contributed by atoms with van der Waals surface area (Å²) in [6.45, 7) is 3.48. The molecule has 1 N–H and O–H groups in total. The number of nitrogens with one attached hydrogen (secondary N) is 1. The van der Waals surface area contributed by atoms with Crippen molar-refractivity contribution in [2.45, 2.75) is 0 Å². The summed E-state index contributed by atoms with van der Waals surface area (Å²) in [5, 5.41) is 3.58. The molecule has 0 aromatic heterocycles. The Morgan fingerprint density at radius 3 is 3.10 bits per heavy atom. The molecule has 4 nitrogen and oxygen atoms in total. The van der Waals surface area contributed by atoms with Crippen LogP contribution in [0.2, 0.25) is 0 Å². The molecule has 0 aromatic carbocycles. The summed E-state index contributed by atoms with van der Waals surface area (Å²) in [5.74, 6) is -0.346. The van der Waals surface area contributed by atoms with Crippen molar-refractivity contribution in [1.29, 1.82) is 0 Å². The van der Waals surface area contributed by atoms with Crippen molar-refractivity contribution in [1.82, 2.24) is 5.43 Å². The van der Waals surface area contributed by atoms with Gasteiger partial charge in [-0.2, -0.15) is 5.10 Å². The summed E-state index contributed by atoms with van der Waals surface area (Å²) in [6, 6.07) is 0. The molecule has 0 aliphatic rings. The number of esters is 1. The third-order valence-electron chi connectivity index (χ3n) is 0.722. The Morgan fingerprint density at radius 2 is 2.60 bits per heavy atom. The number of methoxy groups -OCH3 is 1. The molecule has 0 heterocycles. The summed E-state index contributed by atoms with van der Waals surface area (Å²) >= 11 is 0. The van der Waals surface area contributed by atoms with Crippen LogP contribution in [0.1, 0.15) is 0 Å². The van der Waals surface area contributed by atoms with Gasteiger partial charge in [0.15, 0.2) is 0 Å². The molecule has 0 saturated carbocycles. The van der Waals surface area contributed by atoms with Crippen molar-refractivity contribution in [2.75, 3.05) is 13.7 Å². The molecule has 10 heavy (non-hydrogen) atoms. The first-order valence-corrected chi connectivity index (χ1v) is 2.75. The predicted octanol–water partition coefficient (Wildman–Crippen LogP) is -0.0792. The van der Waals surface area contributed by atoms with Gasteiger partial charge in [-0.25, -0.2) is 0 Å². The minimum absolute atomic E-state index is 0.0842. The molecule has 0 atom stereocenters. The molecule has 4 heteroatoms. The zero-order chi connectivity index (χ0) is 7.82. The summed E-state index contributed by atoms with van der Waals surface area (Å²) in [6.07, 6.45) is 2.95. The lowest BCUT2D eigenvalue weighted by Crippen LogP contribution is -2.18. The number of ether oxygens (including phenoxy) is 1. The number of hydrogen-bond acceptors (Lipinski definition) is 4. The van der Waals surface area contributed by atoms with E-state index in [1.165, 1.54) is 19.4 Å². The van der Waals surface area contributed by atoms with Crippen molar-refractivity contribution >= 4 is 12.2 Å². The Balaban J connectivity index is 3.27. The molecule has 0 radical (unpaired) electrons. The third kappa shape index (κ3) is 4.83. The Hall–Kier alpha value is -1.32. The highest BCUT2D eigenvalue weighted by molar-refractivity contribution is 5.72. The lowest BCUT2D eigenvalue weighted by molar-refractivity contribution is -0.139. The summed E-state index contributed by atoms with van der Waals surface area (Å²) in [7, 11) is 1.32. The van der Waals surface area contributed by atoms with Crippen molar-refractivity contribution < 1.29 is 9.53 Å². The first-order chi connectivity index (χ1) is 4.81. The van der Waals surface area contributed by atoms with Gasteiger partial charge in [0.05, 0.1) is 7.11 Å². The smallest absolute Gasteiger partial charge is 0.326 e. The zero-order valence-corrected chi connectivity index (χ0v) is 5.83. The van der Waals surface area contributed by atoms with Crippen LogP contribution < -0.4 is 5.43 Å². The molecule has 0 aliphatic carbocycles. The fourth-order valence-electron chi connectivity index (χ4n) is 0.288. The monoisotopic (exact) mass is 142 g/mol. The molecular weight excluding hydrogens is 132 g/mol. The van der Waals surface area contributed by atoms with E-state index in [9.17, 15) is 4.79 Å². The van der Waals surface area contributed by atoms with Crippen LogP contribution in [0.4, 0.5) is 0 Å². The van der Waals surface area contributed by atoms with E-state index in [1.807, 2.05) is 0 Å². The molecule has 0 bridgehead atoms. The van der Waals surface area contributed by atoms with Gasteiger partial charge in [0.25, 0.3) is 0 Å². The van der Waals surface area contributed by atoms with Gasteiger partial charge in [0.1, 0.15) is 6.54 Å². The first-order valence-electron chi connectivity index (χ1n) is 2.75. The van der Waals surface area contributed by atoms with Crippen molar-refractivity contribution in [3.63, 3.8) is 0 Å². The van der Waals surface area contributed by atoms with E-state index >= 15 is 0 Å². The number of rotatable bonds is 4. The minimum Gasteiger partial charge on any atom is -0.468 e. The Bertz CT molecular complexity index is 143. The van der Waals surface area contributed by atoms with Gasteiger partial charge in [-0.15, -0.1) is 0 Å². The SMILES string of the molecule is C=C/C=N\NCC(=O)OC. The molecule has 0 unspecified atom stereocenters. The van der Waals surface area contributed by atoms with E-state index in [4.69, 9.17) is 0 Å². The fourth-order valence-corrected chi connectivity index (χ4v) is 0.288. The fraction of sp³-hybridized carbons (Fsp3) is 0.333. The molecule has 0 aliphatic heterocycles. The summed E-state index contributed by atoms with van der Waals surface area (Å²) in [4.78, 5) is 10.4. The van der Waals surface area contributed by atoms with Crippen LogP contribution in [0.15, 0.2) is 17.8 Å². The number of hydrogen-bond donors (Lipinski definition) is 1. The highest BCUT2D eigenvalue weighted by Gasteiger charge is 1.93. The molecule has 0 fully saturated rings. The van der Waals surface area contributed by atoms with Crippen LogP contribution in [-0.2, 0) is 9.53 Å². The predicted molar refractivity (Wildman–Crippen MR) is 38.7 cm³/mol. The highest BCUT2D eigenvalue weighted by Crippen LogP contribution is 1.68. The number of carbonyl (C=O) groups is 1. The standard InChI is InChI=1S/C6H10N2O2/c1-3-4-7-8-5-6(9)10-2/h3-4,8H,1,5H2,2H3/b7-4-. The average molecular weight is 142 g/mol. The Kier molecular flexibility index (Phi) is 5.04. The van der Waals surface area contributed by atoms with Gasteiger partial charge in [0, 0.05) is 6.21 Å². The van der Waals surface area contributed by atoms with E-state index in [0.717, 1.165) is 0 Å². The van der Waals surface area contributed by atoms with Crippen LogP contribution in [0.3, 0.4) is 0 Å². The van der Waals surface area contributed by atoms with Gasteiger partial charge in [-0.05, 0) is 6.08 Å². The second-order valence-electron chi connectivity index (χ2n) is 1.42. The minimum atomic E-state index is -0.346. The zero-order valence-electron chi connectivity index (χ0n) is 5.83. The molecule has 0 saturated heterocycles. The Morgan fingerprint density at radius 1 is 1.90 bits per heavy atom. The molecule has 56 valence electrons. The second kappa shape index (κ2) is 5.81. The largest absolute Gasteiger partial charge is 0.468 e. The average Bonchev–Trinajstić information content (AvgIpc) is 1.98. The van der Waals surface area contributed by atoms with Gasteiger partial charge >= 0.3 is 5.97 Å². The van der Waals surface area contributed by atoms with Crippen LogP contribution >= 0.6 is 0 Å². The first kappa shape index (κ1) is 8.68. The molecule has 0 aromatic rings. The number of allylic oxidation sites excluding steroid dienone is 1. The second-order valence-corrected chi connectivity index (χ2v) is 1.42. The third-order valence-corrected chi connectivity index (χ3v) is 0.722. The van der Waals surface area contributed by atoms with Crippen LogP contribution in [-0.4, -0.2) is 25.8 Å². The van der Waals surface area contributed by atoms with E-state index < -0.39 is 0 Å². The van der Waals surface area contributed by atoms with E-state index in [-0.39, 0.29) is 12.5 Å². The van der Waals surface area contributed by atoms with Crippen LogP contribution in [0.5, 0.6) is 0 Å². The molecular formula is C6H10N2O2. The number of carbonyl (C=O) groups excluding carboxylic acids is 1. The maximum atomic E-state index is 10.4. The van der Waals surface area contributed by atoms with Gasteiger partial charge in [-0.1, -0.05) is 6.58 Å². The van der Waals surface area contributed by atoms with Crippen molar-refractivity contribution in [3.8, 4) is 0 Å². The van der Waals surface area contributed by atoms with E-state index in [1.54, 1.807) is 0 Å².